The average molecular weight is 466 g/mol. The molecule has 14 heteroatoms. The summed E-state index contributed by atoms with van der Waals surface area (Å²) < 4.78 is 70.0. The van der Waals surface area contributed by atoms with Crippen molar-refractivity contribution in [2.24, 2.45) is 0 Å². The van der Waals surface area contributed by atoms with Crippen LogP contribution < -0.4 is 20.7 Å². The molecule has 3 atom stereocenters. The number of urea groups is 1. The van der Waals surface area contributed by atoms with Crippen LogP contribution in [-0.4, -0.2) is 47.3 Å². The van der Waals surface area contributed by atoms with Gasteiger partial charge in [0.2, 0.25) is 11.8 Å². The Labute approximate surface area is 176 Å². The molecule has 0 saturated carbocycles. The van der Waals surface area contributed by atoms with E-state index in [1.54, 1.807) is 0 Å². The van der Waals surface area contributed by atoms with Crippen LogP contribution in [0.1, 0.15) is 17.3 Å². The maximum absolute atomic E-state index is 14.6. The minimum Gasteiger partial charge on any atom is -0.436 e. The number of amides is 3. The molecule has 0 aliphatic carbocycles. The third-order valence-corrected chi connectivity index (χ3v) is 4.47. The fourth-order valence-corrected chi connectivity index (χ4v) is 2.81. The third-order valence-electron chi connectivity index (χ3n) is 4.13. The lowest BCUT2D eigenvalue weighted by Gasteiger charge is -2.21. The summed E-state index contributed by atoms with van der Waals surface area (Å²) in [5.74, 6) is -3.57. The first-order valence-electron chi connectivity index (χ1n) is 8.56. The SMILES string of the molecule is O=C1NC[C@@H](C(=O)N[C@@H](c2cnc(OC(F)C(F)F)cn2)c2ccc(F)c(Cl)c2F)N1. The van der Waals surface area contributed by atoms with Crippen molar-refractivity contribution in [3.63, 3.8) is 0 Å². The summed E-state index contributed by atoms with van der Waals surface area (Å²) in [4.78, 5) is 31.2. The monoisotopic (exact) mass is 465 g/mol. The van der Waals surface area contributed by atoms with Crippen LogP contribution in [0.25, 0.3) is 0 Å². The van der Waals surface area contributed by atoms with Gasteiger partial charge in [-0.25, -0.2) is 27.3 Å². The number of alkyl halides is 3. The van der Waals surface area contributed by atoms with Crippen molar-refractivity contribution in [2.45, 2.75) is 24.9 Å². The van der Waals surface area contributed by atoms with E-state index in [-0.39, 0.29) is 17.8 Å². The van der Waals surface area contributed by atoms with Gasteiger partial charge in [0, 0.05) is 12.1 Å². The predicted octanol–water partition coefficient (Wildman–Crippen LogP) is 2.23. The lowest BCUT2D eigenvalue weighted by Crippen LogP contribution is -2.44. The molecule has 3 N–H and O–H groups in total. The number of hydrogen-bond acceptors (Lipinski definition) is 5. The predicted molar refractivity (Wildman–Crippen MR) is 95.2 cm³/mol. The molecular formula is C17H13ClF5N5O3. The standard InChI is InChI=1S/C17H13ClF5N5O3/c18-11-7(19)2-1-6(12(11)20)13(28-16(29)9-4-26-17(30)27-9)8-3-25-10(5-24-8)31-15(23)14(21)22/h1-3,5,9,13-15H,4H2,(H,28,29)(H2,26,27,30)/t9-,13+,15?/m0/s1. The van der Waals surface area contributed by atoms with Gasteiger partial charge in [0.05, 0.1) is 18.1 Å². The number of aromatic nitrogens is 2. The van der Waals surface area contributed by atoms with Crippen LogP contribution in [-0.2, 0) is 4.79 Å². The average Bonchev–Trinajstić information content (AvgIpc) is 3.18. The number of halogens is 6. The van der Waals surface area contributed by atoms with Crippen molar-refractivity contribution in [3.8, 4) is 5.88 Å². The van der Waals surface area contributed by atoms with Crippen molar-refractivity contribution in [1.29, 1.82) is 0 Å². The van der Waals surface area contributed by atoms with Crippen molar-refractivity contribution < 1.29 is 36.3 Å². The number of ether oxygens (including phenoxy) is 1. The Kier molecular flexibility index (Phi) is 6.73. The summed E-state index contributed by atoms with van der Waals surface area (Å²) in [6, 6.07) is -1.09. The molecule has 2 heterocycles. The molecule has 1 aromatic carbocycles. The molecule has 1 saturated heterocycles. The molecule has 1 aliphatic heterocycles. The Bertz CT molecular complexity index is 981. The van der Waals surface area contributed by atoms with E-state index in [1.807, 2.05) is 0 Å². The smallest absolute Gasteiger partial charge is 0.315 e. The number of carbonyl (C=O) groups is 2. The van der Waals surface area contributed by atoms with Gasteiger partial charge >= 0.3 is 12.5 Å². The summed E-state index contributed by atoms with van der Waals surface area (Å²) in [5, 5.41) is 6.29. The summed E-state index contributed by atoms with van der Waals surface area (Å²) in [6.07, 6.45) is -4.66. The Hall–Kier alpha value is -3.22. The number of nitrogens with zero attached hydrogens (tertiary/aromatic N) is 2. The van der Waals surface area contributed by atoms with E-state index < -0.39 is 59.3 Å². The fourth-order valence-electron chi connectivity index (χ4n) is 2.63. The van der Waals surface area contributed by atoms with E-state index in [1.165, 1.54) is 0 Å². The molecule has 2 aromatic rings. The fraction of sp³-hybridized carbons (Fsp3) is 0.294. The number of hydrogen-bond donors (Lipinski definition) is 3. The summed E-state index contributed by atoms with van der Waals surface area (Å²) >= 11 is 5.61. The van der Waals surface area contributed by atoms with E-state index in [9.17, 15) is 31.5 Å². The van der Waals surface area contributed by atoms with Gasteiger partial charge in [0.15, 0.2) is 0 Å². The molecule has 31 heavy (non-hydrogen) atoms. The van der Waals surface area contributed by atoms with Gasteiger partial charge in [-0.15, -0.1) is 0 Å². The van der Waals surface area contributed by atoms with Crippen LogP contribution in [0, 0.1) is 11.6 Å². The second kappa shape index (κ2) is 9.29. The molecule has 1 unspecified atom stereocenters. The molecule has 1 fully saturated rings. The zero-order valence-corrected chi connectivity index (χ0v) is 16.0. The zero-order valence-electron chi connectivity index (χ0n) is 15.2. The first-order chi connectivity index (χ1) is 14.7. The number of rotatable bonds is 7. The summed E-state index contributed by atoms with van der Waals surface area (Å²) in [6.45, 7) is -0.0476. The largest absolute Gasteiger partial charge is 0.436 e. The van der Waals surface area contributed by atoms with Crippen molar-refractivity contribution in [1.82, 2.24) is 25.9 Å². The molecule has 3 amide bonds. The molecule has 1 aliphatic rings. The topological polar surface area (TPSA) is 105 Å². The normalized spacial score (nSPS) is 17.6. The van der Waals surface area contributed by atoms with Gasteiger partial charge in [-0.2, -0.15) is 4.39 Å². The maximum Gasteiger partial charge on any atom is 0.315 e. The minimum atomic E-state index is -3.42. The number of carbonyl (C=O) groups excluding carboxylic acids is 2. The van der Waals surface area contributed by atoms with Crippen LogP contribution in [0.3, 0.4) is 0 Å². The van der Waals surface area contributed by atoms with Crippen LogP contribution in [0.15, 0.2) is 24.5 Å². The van der Waals surface area contributed by atoms with Gasteiger partial charge in [-0.05, 0) is 6.07 Å². The second-order valence-corrected chi connectivity index (χ2v) is 6.57. The van der Waals surface area contributed by atoms with Gasteiger partial charge in [-0.3, -0.25) is 9.78 Å². The van der Waals surface area contributed by atoms with Gasteiger partial charge in [-0.1, -0.05) is 17.7 Å². The first kappa shape index (κ1) is 22.5. The van der Waals surface area contributed by atoms with Crippen LogP contribution in [0.5, 0.6) is 5.88 Å². The number of nitrogens with one attached hydrogen (secondary N) is 3. The Morgan fingerprint density at radius 3 is 2.55 bits per heavy atom. The van der Waals surface area contributed by atoms with E-state index in [0.717, 1.165) is 24.5 Å². The molecule has 8 nitrogen and oxygen atoms in total. The molecule has 0 spiro atoms. The highest BCUT2D eigenvalue weighted by Gasteiger charge is 2.31. The highest BCUT2D eigenvalue weighted by molar-refractivity contribution is 6.31. The molecular weight excluding hydrogens is 453 g/mol. The quantitative estimate of drug-likeness (QED) is 0.430. The van der Waals surface area contributed by atoms with Gasteiger partial charge in [0.25, 0.3) is 6.36 Å². The van der Waals surface area contributed by atoms with Crippen LogP contribution in [0.2, 0.25) is 5.02 Å². The minimum absolute atomic E-state index is 0.0476. The first-order valence-corrected chi connectivity index (χ1v) is 8.94. The molecule has 3 rings (SSSR count). The third kappa shape index (κ3) is 5.10. The Balaban J connectivity index is 1.91. The lowest BCUT2D eigenvalue weighted by atomic mass is 10.0. The Morgan fingerprint density at radius 2 is 1.97 bits per heavy atom. The van der Waals surface area contributed by atoms with E-state index in [4.69, 9.17) is 11.6 Å². The van der Waals surface area contributed by atoms with Crippen molar-refractivity contribution >= 4 is 23.5 Å². The molecule has 0 bridgehead atoms. The molecule has 166 valence electrons. The van der Waals surface area contributed by atoms with E-state index in [2.05, 4.69) is 30.7 Å². The van der Waals surface area contributed by atoms with Crippen molar-refractivity contribution in [3.05, 3.63) is 52.4 Å². The molecule has 0 radical (unpaired) electrons. The summed E-state index contributed by atoms with van der Waals surface area (Å²) in [5.41, 5.74) is -0.428. The van der Waals surface area contributed by atoms with Crippen LogP contribution in [0.4, 0.5) is 26.7 Å². The lowest BCUT2D eigenvalue weighted by molar-refractivity contribution is -0.123. The highest BCUT2D eigenvalue weighted by Crippen LogP contribution is 2.29. The van der Waals surface area contributed by atoms with Crippen LogP contribution >= 0.6 is 11.6 Å². The van der Waals surface area contributed by atoms with E-state index >= 15 is 0 Å². The zero-order chi connectivity index (χ0) is 22.7. The Morgan fingerprint density at radius 1 is 1.23 bits per heavy atom. The van der Waals surface area contributed by atoms with E-state index in [0.29, 0.717) is 0 Å². The highest BCUT2D eigenvalue weighted by atomic mass is 35.5. The number of benzene rings is 1. The summed E-state index contributed by atoms with van der Waals surface area (Å²) in [7, 11) is 0. The maximum atomic E-state index is 14.6. The second-order valence-electron chi connectivity index (χ2n) is 6.20. The van der Waals surface area contributed by atoms with Gasteiger partial charge < -0.3 is 20.7 Å². The van der Waals surface area contributed by atoms with Crippen molar-refractivity contribution in [2.75, 3.05) is 6.54 Å². The molecule has 1 aromatic heterocycles. The van der Waals surface area contributed by atoms with Gasteiger partial charge in [0.1, 0.15) is 28.7 Å².